The monoisotopic (exact) mass is 254 g/mol. The van der Waals surface area contributed by atoms with Crippen LogP contribution in [0.3, 0.4) is 0 Å². The summed E-state index contributed by atoms with van der Waals surface area (Å²) in [5.74, 6) is 0. The lowest BCUT2D eigenvalue weighted by Gasteiger charge is -2.17. The summed E-state index contributed by atoms with van der Waals surface area (Å²) in [5.41, 5.74) is 9.38. The van der Waals surface area contributed by atoms with Gasteiger partial charge in [0.05, 0.1) is 17.9 Å². The Labute approximate surface area is 112 Å². The fourth-order valence-corrected chi connectivity index (χ4v) is 2.44. The number of rotatable bonds is 3. The zero-order valence-electron chi connectivity index (χ0n) is 10.9. The summed E-state index contributed by atoms with van der Waals surface area (Å²) >= 11 is 0. The number of nitrogens with two attached hydrogens (primary N) is 1. The average molecular weight is 254 g/mol. The van der Waals surface area contributed by atoms with Crippen LogP contribution in [0.4, 0.5) is 0 Å². The van der Waals surface area contributed by atoms with Gasteiger partial charge in [-0.3, -0.25) is 0 Å². The third-order valence-corrected chi connectivity index (χ3v) is 3.54. The maximum absolute atomic E-state index is 6.28. The fraction of sp³-hybridized carbons (Fsp3) is 0.333. The van der Waals surface area contributed by atoms with Crippen LogP contribution in [0.1, 0.15) is 37.4 Å². The molecule has 4 heteroatoms. The topological polar surface area (TPSA) is 56.7 Å². The number of aromatic nitrogens is 3. The Morgan fingerprint density at radius 2 is 2.00 bits per heavy atom. The Bertz CT molecular complexity index is 571. The van der Waals surface area contributed by atoms with Crippen LogP contribution in [-0.4, -0.2) is 15.0 Å². The first kappa shape index (κ1) is 12.1. The number of allylic oxidation sites excluding steroid dienone is 1. The van der Waals surface area contributed by atoms with E-state index in [1.165, 1.54) is 18.4 Å². The van der Waals surface area contributed by atoms with Crippen LogP contribution in [0.2, 0.25) is 0 Å². The van der Waals surface area contributed by atoms with E-state index in [4.69, 9.17) is 5.73 Å². The minimum atomic E-state index is -0.113. The lowest BCUT2D eigenvalue weighted by Crippen LogP contribution is -2.15. The van der Waals surface area contributed by atoms with Gasteiger partial charge < -0.3 is 5.73 Å². The second kappa shape index (κ2) is 5.36. The lowest BCUT2D eigenvalue weighted by molar-refractivity contribution is 0.634. The van der Waals surface area contributed by atoms with Gasteiger partial charge >= 0.3 is 0 Å². The molecule has 0 fully saturated rings. The van der Waals surface area contributed by atoms with Crippen molar-refractivity contribution in [3.63, 3.8) is 0 Å². The second-order valence-corrected chi connectivity index (χ2v) is 4.90. The Balaban J connectivity index is 1.83. The lowest BCUT2D eigenvalue weighted by atomic mass is 9.93. The van der Waals surface area contributed by atoms with Crippen molar-refractivity contribution in [2.24, 2.45) is 5.73 Å². The van der Waals surface area contributed by atoms with Gasteiger partial charge in [0.15, 0.2) is 0 Å². The van der Waals surface area contributed by atoms with Gasteiger partial charge in [-0.15, -0.1) is 0 Å². The van der Waals surface area contributed by atoms with E-state index in [-0.39, 0.29) is 6.04 Å². The molecule has 1 unspecified atom stereocenters. The minimum Gasteiger partial charge on any atom is -0.319 e. The van der Waals surface area contributed by atoms with Gasteiger partial charge in [-0.05, 0) is 37.8 Å². The van der Waals surface area contributed by atoms with Crippen molar-refractivity contribution in [3.05, 3.63) is 53.9 Å². The first-order valence-corrected chi connectivity index (χ1v) is 6.77. The number of hydrogen-bond acceptors (Lipinski definition) is 3. The summed E-state index contributed by atoms with van der Waals surface area (Å²) in [6, 6.07) is 9.78. The molecule has 1 heterocycles. The van der Waals surface area contributed by atoms with Crippen molar-refractivity contribution in [1.29, 1.82) is 0 Å². The molecule has 3 rings (SSSR count). The summed E-state index contributed by atoms with van der Waals surface area (Å²) in [4.78, 5) is 1.64. The van der Waals surface area contributed by atoms with Crippen LogP contribution in [-0.2, 0) is 0 Å². The van der Waals surface area contributed by atoms with E-state index in [0.717, 1.165) is 24.2 Å². The van der Waals surface area contributed by atoms with Crippen LogP contribution in [0.15, 0.2) is 48.2 Å². The molecule has 1 atom stereocenters. The van der Waals surface area contributed by atoms with Crippen molar-refractivity contribution >= 4 is 0 Å². The van der Waals surface area contributed by atoms with Gasteiger partial charge in [0.25, 0.3) is 0 Å². The molecule has 1 aliphatic carbocycles. The van der Waals surface area contributed by atoms with Gasteiger partial charge in [-0.2, -0.15) is 15.0 Å². The van der Waals surface area contributed by atoms with Crippen molar-refractivity contribution in [1.82, 2.24) is 15.0 Å². The highest BCUT2D eigenvalue weighted by Gasteiger charge is 2.17. The van der Waals surface area contributed by atoms with Crippen molar-refractivity contribution in [3.8, 4) is 5.69 Å². The van der Waals surface area contributed by atoms with E-state index in [2.05, 4.69) is 16.3 Å². The molecule has 0 amide bonds. The van der Waals surface area contributed by atoms with Gasteiger partial charge in [-0.25, -0.2) is 0 Å². The maximum Gasteiger partial charge on any atom is 0.104 e. The Hall–Kier alpha value is -1.94. The molecule has 0 aliphatic heterocycles. The van der Waals surface area contributed by atoms with Crippen molar-refractivity contribution < 1.29 is 0 Å². The molecule has 0 bridgehead atoms. The average Bonchev–Trinajstić information content (AvgIpc) is 2.98. The molecule has 0 radical (unpaired) electrons. The summed E-state index contributed by atoms with van der Waals surface area (Å²) in [6.07, 6.45) is 8.75. The summed E-state index contributed by atoms with van der Waals surface area (Å²) < 4.78 is 0. The normalized spacial score (nSPS) is 17.0. The van der Waals surface area contributed by atoms with Crippen LogP contribution >= 0.6 is 0 Å². The molecule has 2 aromatic rings. The summed E-state index contributed by atoms with van der Waals surface area (Å²) in [5, 5.41) is 8.80. The smallest absolute Gasteiger partial charge is 0.104 e. The minimum absolute atomic E-state index is 0.113. The van der Waals surface area contributed by atoms with E-state index in [0.29, 0.717) is 0 Å². The summed E-state index contributed by atoms with van der Waals surface area (Å²) in [6.45, 7) is 0. The van der Waals surface area contributed by atoms with E-state index >= 15 is 0 Å². The van der Waals surface area contributed by atoms with Gasteiger partial charge in [0, 0.05) is 0 Å². The van der Waals surface area contributed by atoms with E-state index in [1.807, 2.05) is 30.3 Å². The first-order valence-electron chi connectivity index (χ1n) is 6.77. The van der Waals surface area contributed by atoms with Gasteiger partial charge in [0.2, 0.25) is 0 Å². The Kier molecular flexibility index (Phi) is 3.42. The van der Waals surface area contributed by atoms with E-state index in [9.17, 15) is 0 Å². The van der Waals surface area contributed by atoms with Crippen LogP contribution < -0.4 is 5.73 Å². The summed E-state index contributed by atoms with van der Waals surface area (Å²) in [7, 11) is 0. The highest BCUT2D eigenvalue weighted by atomic mass is 15.5. The van der Waals surface area contributed by atoms with Gasteiger partial charge in [0.1, 0.15) is 5.69 Å². The van der Waals surface area contributed by atoms with Crippen LogP contribution in [0.5, 0.6) is 0 Å². The zero-order chi connectivity index (χ0) is 13.1. The molecular formula is C15H18N4. The second-order valence-electron chi connectivity index (χ2n) is 4.90. The molecule has 2 N–H and O–H groups in total. The molecule has 4 nitrogen and oxygen atoms in total. The van der Waals surface area contributed by atoms with Gasteiger partial charge in [-0.1, -0.05) is 29.8 Å². The molecule has 1 aliphatic rings. The van der Waals surface area contributed by atoms with Crippen LogP contribution in [0.25, 0.3) is 5.69 Å². The number of nitrogens with zero attached hydrogens (tertiary/aromatic N) is 3. The van der Waals surface area contributed by atoms with E-state index in [1.54, 1.807) is 11.0 Å². The predicted molar refractivity (Wildman–Crippen MR) is 74.8 cm³/mol. The molecular weight excluding hydrogens is 236 g/mol. The molecule has 1 aromatic carbocycles. The molecule has 0 spiro atoms. The molecule has 0 saturated carbocycles. The quantitative estimate of drug-likeness (QED) is 0.857. The first-order chi connectivity index (χ1) is 9.34. The highest BCUT2D eigenvalue weighted by Crippen LogP contribution is 2.26. The zero-order valence-corrected chi connectivity index (χ0v) is 10.9. The maximum atomic E-state index is 6.28. The van der Waals surface area contributed by atoms with Crippen molar-refractivity contribution in [2.75, 3.05) is 0 Å². The number of para-hydroxylation sites is 1. The molecule has 1 aromatic heterocycles. The van der Waals surface area contributed by atoms with Crippen LogP contribution in [0, 0.1) is 0 Å². The standard InChI is InChI=1S/C15H18N4/c16-15(12-7-3-1-4-8-12)14-11-17-19(18-14)13-9-5-2-6-10-13/h2,5-7,9-11,15H,1,3-4,8,16H2. The molecule has 0 saturated heterocycles. The number of benzene rings is 1. The van der Waals surface area contributed by atoms with Crippen molar-refractivity contribution in [2.45, 2.75) is 31.7 Å². The molecule has 98 valence electrons. The highest BCUT2D eigenvalue weighted by molar-refractivity contribution is 5.29. The molecule has 19 heavy (non-hydrogen) atoms. The Morgan fingerprint density at radius 1 is 1.16 bits per heavy atom. The SMILES string of the molecule is NC(C1=CCCCC1)c1cnn(-c2ccccc2)n1. The van der Waals surface area contributed by atoms with E-state index < -0.39 is 0 Å². The predicted octanol–water partition coefficient (Wildman–Crippen LogP) is 2.77. The fourth-order valence-electron chi connectivity index (χ4n) is 2.44. The third-order valence-electron chi connectivity index (χ3n) is 3.54. The third kappa shape index (κ3) is 2.58. The largest absolute Gasteiger partial charge is 0.319 e. The Morgan fingerprint density at radius 3 is 2.74 bits per heavy atom. The number of hydrogen-bond donors (Lipinski definition) is 1.